The van der Waals surface area contributed by atoms with Gasteiger partial charge in [-0.2, -0.15) is 0 Å². The lowest BCUT2D eigenvalue weighted by Gasteiger charge is -2.20. The van der Waals surface area contributed by atoms with Crippen LogP contribution in [-0.4, -0.2) is 23.1 Å². The van der Waals surface area contributed by atoms with Gasteiger partial charge in [0.2, 0.25) is 0 Å². The number of nitrogens with zero attached hydrogens (tertiary/aromatic N) is 3. The van der Waals surface area contributed by atoms with E-state index in [0.29, 0.717) is 0 Å². The molecular formula is C12H21N3. The third-order valence-electron chi connectivity index (χ3n) is 2.45. The second kappa shape index (κ2) is 5.69. The SMILES string of the molecule is CCCc1nc(C)cc(N(CC)CC)n1. The van der Waals surface area contributed by atoms with Gasteiger partial charge < -0.3 is 4.90 Å². The maximum Gasteiger partial charge on any atom is 0.132 e. The first-order chi connectivity index (χ1) is 7.21. The Labute approximate surface area is 92.6 Å². The van der Waals surface area contributed by atoms with Gasteiger partial charge in [0.25, 0.3) is 0 Å². The van der Waals surface area contributed by atoms with E-state index in [-0.39, 0.29) is 0 Å². The standard InChI is InChI=1S/C12H21N3/c1-5-8-11-13-10(4)9-12(14-11)15(6-2)7-3/h9H,5-8H2,1-4H3. The molecule has 0 unspecified atom stereocenters. The molecule has 84 valence electrons. The molecule has 1 heterocycles. The van der Waals surface area contributed by atoms with Crippen LogP contribution in [0.15, 0.2) is 6.07 Å². The highest BCUT2D eigenvalue weighted by molar-refractivity contribution is 5.39. The van der Waals surface area contributed by atoms with E-state index in [1.807, 2.05) is 6.92 Å². The van der Waals surface area contributed by atoms with Crippen molar-refractivity contribution in [2.24, 2.45) is 0 Å². The lowest BCUT2D eigenvalue weighted by atomic mass is 10.3. The van der Waals surface area contributed by atoms with E-state index >= 15 is 0 Å². The van der Waals surface area contributed by atoms with Crippen LogP contribution in [0.4, 0.5) is 5.82 Å². The van der Waals surface area contributed by atoms with Crippen molar-refractivity contribution in [2.75, 3.05) is 18.0 Å². The van der Waals surface area contributed by atoms with Crippen LogP contribution < -0.4 is 4.90 Å². The van der Waals surface area contributed by atoms with Gasteiger partial charge in [-0.05, 0) is 27.2 Å². The first kappa shape index (κ1) is 12.0. The molecule has 1 rings (SSSR count). The average Bonchev–Trinajstić information content (AvgIpc) is 2.19. The quantitative estimate of drug-likeness (QED) is 0.743. The summed E-state index contributed by atoms with van der Waals surface area (Å²) < 4.78 is 0. The molecule has 0 saturated heterocycles. The number of aromatic nitrogens is 2. The molecule has 0 N–H and O–H groups in total. The van der Waals surface area contributed by atoms with E-state index in [1.54, 1.807) is 0 Å². The smallest absolute Gasteiger partial charge is 0.132 e. The lowest BCUT2D eigenvalue weighted by molar-refractivity contribution is 0.789. The first-order valence-electron chi connectivity index (χ1n) is 5.80. The minimum Gasteiger partial charge on any atom is -0.357 e. The third-order valence-corrected chi connectivity index (χ3v) is 2.45. The zero-order chi connectivity index (χ0) is 11.3. The van der Waals surface area contributed by atoms with Crippen LogP contribution in [0.1, 0.15) is 38.7 Å². The van der Waals surface area contributed by atoms with E-state index in [2.05, 4.69) is 41.7 Å². The highest BCUT2D eigenvalue weighted by atomic mass is 15.2. The van der Waals surface area contributed by atoms with Crippen LogP contribution in [0.25, 0.3) is 0 Å². The molecule has 1 aromatic heterocycles. The summed E-state index contributed by atoms with van der Waals surface area (Å²) in [5, 5.41) is 0. The van der Waals surface area contributed by atoms with E-state index in [0.717, 1.165) is 43.3 Å². The molecule has 0 aliphatic carbocycles. The van der Waals surface area contributed by atoms with Crippen LogP contribution in [0.3, 0.4) is 0 Å². The van der Waals surface area contributed by atoms with Crippen molar-refractivity contribution in [1.82, 2.24) is 9.97 Å². The van der Waals surface area contributed by atoms with Gasteiger partial charge >= 0.3 is 0 Å². The number of hydrogen-bond donors (Lipinski definition) is 0. The van der Waals surface area contributed by atoms with Gasteiger partial charge in [-0.25, -0.2) is 9.97 Å². The predicted molar refractivity (Wildman–Crippen MR) is 64.3 cm³/mol. The molecule has 0 aliphatic heterocycles. The molecule has 0 aromatic carbocycles. The highest BCUT2D eigenvalue weighted by Crippen LogP contribution is 2.12. The fourth-order valence-corrected chi connectivity index (χ4v) is 1.66. The summed E-state index contributed by atoms with van der Waals surface area (Å²) in [5.41, 5.74) is 1.07. The zero-order valence-electron chi connectivity index (χ0n) is 10.2. The number of aryl methyl sites for hydroxylation is 2. The molecular weight excluding hydrogens is 186 g/mol. The Morgan fingerprint density at radius 2 is 1.80 bits per heavy atom. The van der Waals surface area contributed by atoms with Gasteiger partial charge in [0.15, 0.2) is 0 Å². The van der Waals surface area contributed by atoms with Crippen molar-refractivity contribution in [3.63, 3.8) is 0 Å². The Kier molecular flexibility index (Phi) is 4.53. The van der Waals surface area contributed by atoms with Crippen molar-refractivity contribution in [1.29, 1.82) is 0 Å². The third kappa shape index (κ3) is 3.18. The number of anilines is 1. The Morgan fingerprint density at radius 1 is 1.13 bits per heavy atom. The average molecular weight is 207 g/mol. The molecule has 15 heavy (non-hydrogen) atoms. The Balaban J connectivity index is 2.96. The molecule has 0 radical (unpaired) electrons. The Hall–Kier alpha value is -1.12. The Morgan fingerprint density at radius 3 is 2.33 bits per heavy atom. The predicted octanol–water partition coefficient (Wildman–Crippen LogP) is 2.58. The van der Waals surface area contributed by atoms with Gasteiger partial charge in [0.05, 0.1) is 0 Å². The zero-order valence-corrected chi connectivity index (χ0v) is 10.2. The molecule has 0 amide bonds. The molecule has 0 bridgehead atoms. The van der Waals surface area contributed by atoms with Crippen LogP contribution in [0, 0.1) is 6.92 Å². The summed E-state index contributed by atoms with van der Waals surface area (Å²) in [5.74, 6) is 2.04. The summed E-state index contributed by atoms with van der Waals surface area (Å²) in [6, 6.07) is 2.06. The maximum absolute atomic E-state index is 4.58. The van der Waals surface area contributed by atoms with Crippen molar-refractivity contribution in [3.8, 4) is 0 Å². The van der Waals surface area contributed by atoms with E-state index in [9.17, 15) is 0 Å². The Bertz CT molecular complexity index is 306. The lowest BCUT2D eigenvalue weighted by Crippen LogP contribution is -2.23. The molecule has 0 atom stereocenters. The number of hydrogen-bond acceptors (Lipinski definition) is 3. The molecule has 0 fully saturated rings. The number of rotatable bonds is 5. The monoisotopic (exact) mass is 207 g/mol. The van der Waals surface area contributed by atoms with Crippen molar-refractivity contribution >= 4 is 5.82 Å². The second-order valence-corrected chi connectivity index (χ2v) is 3.71. The van der Waals surface area contributed by atoms with Gasteiger partial charge in [-0.15, -0.1) is 0 Å². The molecule has 0 spiro atoms. The van der Waals surface area contributed by atoms with Crippen molar-refractivity contribution < 1.29 is 0 Å². The van der Waals surface area contributed by atoms with Gasteiger partial charge in [0.1, 0.15) is 11.6 Å². The van der Waals surface area contributed by atoms with Crippen LogP contribution in [0.5, 0.6) is 0 Å². The minimum atomic E-state index is 0.968. The molecule has 3 nitrogen and oxygen atoms in total. The van der Waals surface area contributed by atoms with Crippen LogP contribution in [0.2, 0.25) is 0 Å². The van der Waals surface area contributed by atoms with Gasteiger partial charge in [-0.3, -0.25) is 0 Å². The summed E-state index contributed by atoms with van der Waals surface area (Å²) in [7, 11) is 0. The topological polar surface area (TPSA) is 29.0 Å². The molecule has 0 saturated carbocycles. The van der Waals surface area contributed by atoms with Crippen LogP contribution >= 0.6 is 0 Å². The summed E-state index contributed by atoms with van der Waals surface area (Å²) >= 11 is 0. The van der Waals surface area contributed by atoms with Crippen molar-refractivity contribution in [2.45, 2.75) is 40.5 Å². The van der Waals surface area contributed by atoms with E-state index in [4.69, 9.17) is 0 Å². The molecule has 3 heteroatoms. The largest absolute Gasteiger partial charge is 0.357 e. The minimum absolute atomic E-state index is 0.968. The maximum atomic E-state index is 4.58. The van der Waals surface area contributed by atoms with E-state index < -0.39 is 0 Å². The fraction of sp³-hybridized carbons (Fsp3) is 0.667. The molecule has 0 aliphatic rings. The summed E-state index contributed by atoms with van der Waals surface area (Å²) in [4.78, 5) is 11.3. The van der Waals surface area contributed by atoms with Crippen molar-refractivity contribution in [3.05, 3.63) is 17.6 Å². The van der Waals surface area contributed by atoms with Gasteiger partial charge in [0, 0.05) is 31.3 Å². The molecule has 1 aromatic rings. The first-order valence-corrected chi connectivity index (χ1v) is 5.80. The van der Waals surface area contributed by atoms with Gasteiger partial charge in [-0.1, -0.05) is 6.92 Å². The summed E-state index contributed by atoms with van der Waals surface area (Å²) in [6.45, 7) is 10.5. The summed E-state index contributed by atoms with van der Waals surface area (Å²) in [6.07, 6.45) is 2.07. The van der Waals surface area contributed by atoms with E-state index in [1.165, 1.54) is 0 Å². The fourth-order valence-electron chi connectivity index (χ4n) is 1.66. The highest BCUT2D eigenvalue weighted by Gasteiger charge is 2.06. The second-order valence-electron chi connectivity index (χ2n) is 3.71. The van der Waals surface area contributed by atoms with Crippen LogP contribution in [-0.2, 0) is 6.42 Å². The normalized spacial score (nSPS) is 10.4.